The molecule has 0 aliphatic carbocycles. The predicted octanol–water partition coefficient (Wildman–Crippen LogP) is 4.27. The zero-order chi connectivity index (χ0) is 22.5. The van der Waals surface area contributed by atoms with Gasteiger partial charge < -0.3 is 16.2 Å². The molecule has 1 atom stereocenters. The normalized spacial score (nSPS) is 14.2. The Kier molecular flexibility index (Phi) is 5.09. The number of hydrogen-bond acceptors (Lipinski definition) is 5. The van der Waals surface area contributed by atoms with E-state index < -0.39 is 35.1 Å². The van der Waals surface area contributed by atoms with Crippen LogP contribution < -0.4 is 11.1 Å². The average molecular weight is 433 g/mol. The maximum Gasteiger partial charge on any atom is 0.416 e. The van der Waals surface area contributed by atoms with Gasteiger partial charge in [0.05, 0.1) is 22.8 Å². The number of nitrogens with one attached hydrogen (secondary N) is 1. The summed E-state index contributed by atoms with van der Waals surface area (Å²) >= 11 is 0. The zero-order valence-electron chi connectivity index (χ0n) is 15.7. The van der Waals surface area contributed by atoms with Gasteiger partial charge in [-0.1, -0.05) is 12.1 Å². The van der Waals surface area contributed by atoms with Crippen molar-refractivity contribution in [1.82, 2.24) is 14.6 Å². The van der Waals surface area contributed by atoms with Crippen molar-refractivity contribution in [2.24, 2.45) is 0 Å². The van der Waals surface area contributed by atoms with E-state index in [-0.39, 0.29) is 23.0 Å². The summed E-state index contributed by atoms with van der Waals surface area (Å²) in [6.07, 6.45) is -9.25. The van der Waals surface area contributed by atoms with Gasteiger partial charge in [0.15, 0.2) is 5.65 Å². The molecule has 3 aromatic rings. The molecular formula is C18H17F6N5O. The molecule has 6 nitrogen and oxygen atoms in total. The lowest BCUT2D eigenvalue weighted by Gasteiger charge is -2.31. The molecule has 0 aliphatic rings. The first-order chi connectivity index (χ1) is 13.7. The zero-order valence-corrected chi connectivity index (χ0v) is 15.7. The molecule has 0 fully saturated rings. The summed E-state index contributed by atoms with van der Waals surface area (Å²) in [5.41, 5.74) is 2.01. The number of hydrogen-bond donors (Lipinski definition) is 3. The lowest BCUT2D eigenvalue weighted by atomic mass is 9.91. The fourth-order valence-corrected chi connectivity index (χ4v) is 2.95. The van der Waals surface area contributed by atoms with Crippen molar-refractivity contribution in [2.45, 2.75) is 37.8 Å². The van der Waals surface area contributed by atoms with Gasteiger partial charge in [0.25, 0.3) is 0 Å². The molecule has 0 saturated carbocycles. The molecule has 30 heavy (non-hydrogen) atoms. The van der Waals surface area contributed by atoms with Crippen molar-refractivity contribution < 1.29 is 31.4 Å². The molecule has 0 bridgehead atoms. The van der Waals surface area contributed by atoms with Crippen molar-refractivity contribution in [3.63, 3.8) is 0 Å². The minimum Gasteiger partial charge on any atom is -0.388 e. The Hall–Kier alpha value is -3.02. The first-order valence-electron chi connectivity index (χ1n) is 8.56. The highest BCUT2D eigenvalue weighted by Gasteiger charge is 2.35. The number of anilines is 2. The van der Waals surface area contributed by atoms with E-state index in [0.29, 0.717) is 0 Å². The lowest BCUT2D eigenvalue weighted by Crippen LogP contribution is -2.35. The van der Waals surface area contributed by atoms with Crippen LogP contribution in [0.2, 0.25) is 0 Å². The highest BCUT2D eigenvalue weighted by atomic mass is 19.4. The van der Waals surface area contributed by atoms with Gasteiger partial charge in [0, 0.05) is 0 Å². The summed E-state index contributed by atoms with van der Waals surface area (Å²) < 4.78 is 79.4. The third kappa shape index (κ3) is 4.42. The summed E-state index contributed by atoms with van der Waals surface area (Å²) in [6, 6.07) is 4.35. The molecule has 2 aromatic heterocycles. The summed E-state index contributed by atoms with van der Waals surface area (Å²) in [5, 5.41) is 17.1. The SMILES string of the molecule is CC(C)(O)C(Nc1cc(C(F)(F)F)cc2nc(N)nn12)c1ccc(C(F)(F)F)cc1. The van der Waals surface area contributed by atoms with Gasteiger partial charge in [-0.2, -0.15) is 35.8 Å². The number of aliphatic hydroxyl groups is 1. The van der Waals surface area contributed by atoms with Crippen molar-refractivity contribution in [1.29, 1.82) is 0 Å². The predicted molar refractivity (Wildman–Crippen MR) is 96.5 cm³/mol. The van der Waals surface area contributed by atoms with E-state index in [4.69, 9.17) is 5.73 Å². The first kappa shape index (κ1) is 21.7. The summed E-state index contributed by atoms with van der Waals surface area (Å²) in [6.45, 7) is 2.73. The van der Waals surface area contributed by atoms with Crippen LogP contribution in [0.5, 0.6) is 0 Å². The molecular weight excluding hydrogens is 416 g/mol. The van der Waals surface area contributed by atoms with Gasteiger partial charge in [-0.05, 0) is 43.7 Å². The van der Waals surface area contributed by atoms with Crippen LogP contribution in [0.25, 0.3) is 5.65 Å². The van der Waals surface area contributed by atoms with Crippen molar-refractivity contribution in [2.75, 3.05) is 11.1 Å². The fourth-order valence-electron chi connectivity index (χ4n) is 2.95. The van der Waals surface area contributed by atoms with E-state index in [1.54, 1.807) is 0 Å². The van der Waals surface area contributed by atoms with Gasteiger partial charge in [0.2, 0.25) is 5.95 Å². The molecule has 4 N–H and O–H groups in total. The number of fused-ring (bicyclic) bond motifs is 1. The largest absolute Gasteiger partial charge is 0.416 e. The Morgan fingerprint density at radius 1 is 0.967 bits per heavy atom. The number of halogens is 6. The monoisotopic (exact) mass is 433 g/mol. The van der Waals surface area contributed by atoms with Gasteiger partial charge in [-0.25, -0.2) is 0 Å². The lowest BCUT2D eigenvalue weighted by molar-refractivity contribution is -0.138. The van der Waals surface area contributed by atoms with Crippen molar-refractivity contribution >= 4 is 17.4 Å². The molecule has 0 spiro atoms. The van der Waals surface area contributed by atoms with Crippen molar-refractivity contribution in [3.8, 4) is 0 Å². The third-order valence-corrected chi connectivity index (χ3v) is 4.35. The van der Waals surface area contributed by atoms with Crippen LogP contribution in [0.15, 0.2) is 36.4 Å². The maximum absolute atomic E-state index is 13.3. The first-order valence-corrected chi connectivity index (χ1v) is 8.56. The van der Waals surface area contributed by atoms with Gasteiger partial charge in [0.1, 0.15) is 5.82 Å². The van der Waals surface area contributed by atoms with Crippen LogP contribution in [0.3, 0.4) is 0 Å². The molecule has 0 aliphatic heterocycles. The Labute approximate surface area is 166 Å². The van der Waals surface area contributed by atoms with E-state index >= 15 is 0 Å². The number of nitrogens with zero attached hydrogens (tertiary/aromatic N) is 3. The molecule has 162 valence electrons. The van der Waals surface area contributed by atoms with Crippen LogP contribution in [0.4, 0.5) is 38.1 Å². The molecule has 1 aromatic carbocycles. The number of benzene rings is 1. The van der Waals surface area contributed by atoms with E-state index in [1.807, 2.05) is 0 Å². The number of nitrogen functional groups attached to an aromatic ring is 1. The van der Waals surface area contributed by atoms with Crippen LogP contribution in [0, 0.1) is 0 Å². The summed E-state index contributed by atoms with van der Waals surface area (Å²) in [5.74, 6) is -0.470. The Balaban J connectivity index is 2.09. The molecule has 0 saturated heterocycles. The molecule has 0 radical (unpaired) electrons. The second kappa shape index (κ2) is 7.04. The Bertz CT molecular complexity index is 1050. The number of alkyl halides is 6. The van der Waals surface area contributed by atoms with Crippen LogP contribution in [-0.2, 0) is 12.4 Å². The van der Waals surface area contributed by atoms with Crippen LogP contribution in [0.1, 0.15) is 36.6 Å². The minimum atomic E-state index is -4.70. The van der Waals surface area contributed by atoms with Gasteiger partial charge in [-0.15, -0.1) is 5.10 Å². The number of rotatable bonds is 4. The van der Waals surface area contributed by atoms with Crippen LogP contribution >= 0.6 is 0 Å². The highest BCUT2D eigenvalue weighted by molar-refractivity contribution is 5.56. The maximum atomic E-state index is 13.3. The minimum absolute atomic E-state index is 0.188. The van der Waals surface area contributed by atoms with Gasteiger partial charge in [-0.3, -0.25) is 0 Å². The topological polar surface area (TPSA) is 88.5 Å². The summed E-state index contributed by atoms with van der Waals surface area (Å²) in [7, 11) is 0. The number of aromatic nitrogens is 3. The number of nitrogens with two attached hydrogens (primary N) is 1. The van der Waals surface area contributed by atoms with E-state index in [9.17, 15) is 31.4 Å². The Morgan fingerprint density at radius 3 is 2.03 bits per heavy atom. The van der Waals surface area contributed by atoms with Crippen LogP contribution in [-0.4, -0.2) is 25.3 Å². The standard InChI is InChI=1S/C18H17F6N5O/c1-16(2,30)14(9-3-5-10(6-4-9)17(19,20)21)26-12-7-11(18(22,23)24)8-13-27-15(25)28-29(12)13/h3-8,14,26,30H,1-2H3,(H2,25,28). The number of pyridine rings is 1. The third-order valence-electron chi connectivity index (χ3n) is 4.35. The molecule has 1 unspecified atom stereocenters. The average Bonchev–Trinajstić information content (AvgIpc) is 2.97. The second-order valence-corrected chi connectivity index (χ2v) is 7.22. The summed E-state index contributed by atoms with van der Waals surface area (Å²) in [4.78, 5) is 3.73. The van der Waals surface area contributed by atoms with Gasteiger partial charge >= 0.3 is 12.4 Å². The molecule has 0 amide bonds. The fraction of sp³-hybridized carbons (Fsp3) is 0.333. The van der Waals surface area contributed by atoms with Crippen molar-refractivity contribution in [3.05, 3.63) is 53.1 Å². The molecule has 2 heterocycles. The van der Waals surface area contributed by atoms with E-state index in [0.717, 1.165) is 40.9 Å². The quantitative estimate of drug-likeness (QED) is 0.535. The second-order valence-electron chi connectivity index (χ2n) is 7.22. The smallest absolute Gasteiger partial charge is 0.388 e. The van der Waals surface area contributed by atoms with E-state index in [1.165, 1.54) is 13.8 Å². The molecule has 3 rings (SSSR count). The van der Waals surface area contributed by atoms with E-state index in [2.05, 4.69) is 15.4 Å². The molecule has 12 heteroatoms. The highest BCUT2D eigenvalue weighted by Crippen LogP contribution is 2.36. The Morgan fingerprint density at radius 2 is 1.53 bits per heavy atom.